The fourth-order valence-corrected chi connectivity index (χ4v) is 2.77. The Kier molecular flexibility index (Phi) is 6.29. The second-order valence-electron chi connectivity index (χ2n) is 7.90. The summed E-state index contributed by atoms with van der Waals surface area (Å²) in [5.41, 5.74) is 1.06. The van der Waals surface area contributed by atoms with E-state index in [1.54, 1.807) is 12.1 Å². The number of hydrogen-bond donors (Lipinski definition) is 1. The number of fused-ring (bicyclic) bond motifs is 1. The SMILES string of the molecule is CC(C)(C)c1ccc(Oc2coc3cc(OCC(=O)NCC(=O)[O-])ccc3c2=O)cc1. The van der Waals surface area contributed by atoms with Crippen molar-refractivity contribution in [2.24, 2.45) is 0 Å². The lowest BCUT2D eigenvalue weighted by Gasteiger charge is -2.19. The largest absolute Gasteiger partial charge is 0.548 e. The molecule has 0 fully saturated rings. The van der Waals surface area contributed by atoms with Gasteiger partial charge in [-0.15, -0.1) is 0 Å². The molecule has 0 atom stereocenters. The molecular formula is C23H22NO7-. The molecule has 3 aromatic rings. The van der Waals surface area contributed by atoms with Crippen molar-refractivity contribution in [1.29, 1.82) is 0 Å². The molecule has 8 heteroatoms. The van der Waals surface area contributed by atoms with E-state index in [1.165, 1.54) is 24.5 Å². The van der Waals surface area contributed by atoms with Crippen molar-refractivity contribution in [3.63, 3.8) is 0 Å². The molecule has 1 aromatic heterocycles. The van der Waals surface area contributed by atoms with Crippen LogP contribution < -0.4 is 25.3 Å². The molecule has 8 nitrogen and oxygen atoms in total. The Morgan fingerprint density at radius 1 is 1.06 bits per heavy atom. The number of carbonyl (C=O) groups is 2. The van der Waals surface area contributed by atoms with Gasteiger partial charge in [-0.2, -0.15) is 0 Å². The average Bonchev–Trinajstić information content (AvgIpc) is 2.72. The van der Waals surface area contributed by atoms with Gasteiger partial charge in [0.2, 0.25) is 11.2 Å². The summed E-state index contributed by atoms with van der Waals surface area (Å²) in [6.07, 6.45) is 1.22. The van der Waals surface area contributed by atoms with E-state index in [0.29, 0.717) is 5.75 Å². The number of carboxylic acid groups (broad SMARTS) is 1. The van der Waals surface area contributed by atoms with Crippen LogP contribution in [0.1, 0.15) is 26.3 Å². The van der Waals surface area contributed by atoms with E-state index in [1.807, 2.05) is 12.1 Å². The Labute approximate surface area is 178 Å². The number of rotatable bonds is 7. The Balaban J connectivity index is 1.72. The zero-order valence-electron chi connectivity index (χ0n) is 17.4. The number of amides is 1. The second-order valence-corrected chi connectivity index (χ2v) is 7.90. The first kappa shape index (κ1) is 21.9. The highest BCUT2D eigenvalue weighted by atomic mass is 16.5. The van der Waals surface area contributed by atoms with Crippen LogP contribution in [0.4, 0.5) is 0 Å². The van der Waals surface area contributed by atoms with Crippen LogP contribution in [-0.4, -0.2) is 25.0 Å². The van der Waals surface area contributed by atoms with Gasteiger partial charge in [-0.25, -0.2) is 0 Å². The van der Waals surface area contributed by atoms with Crippen molar-refractivity contribution in [2.75, 3.05) is 13.2 Å². The van der Waals surface area contributed by atoms with Crippen molar-refractivity contribution in [2.45, 2.75) is 26.2 Å². The summed E-state index contributed by atoms with van der Waals surface area (Å²) in [5, 5.41) is 12.7. The van der Waals surface area contributed by atoms with E-state index in [4.69, 9.17) is 13.9 Å². The smallest absolute Gasteiger partial charge is 0.258 e. The molecule has 1 N–H and O–H groups in total. The molecule has 0 unspecified atom stereocenters. The van der Waals surface area contributed by atoms with Gasteiger partial charge >= 0.3 is 0 Å². The van der Waals surface area contributed by atoms with Crippen molar-refractivity contribution in [3.8, 4) is 17.2 Å². The average molecular weight is 424 g/mol. The number of ether oxygens (including phenoxy) is 2. The molecular weight excluding hydrogens is 402 g/mol. The molecule has 0 saturated heterocycles. The van der Waals surface area contributed by atoms with E-state index in [2.05, 4.69) is 26.1 Å². The summed E-state index contributed by atoms with van der Waals surface area (Å²) in [6.45, 7) is 5.33. The molecule has 0 aliphatic rings. The van der Waals surface area contributed by atoms with Gasteiger partial charge in [-0.1, -0.05) is 32.9 Å². The highest BCUT2D eigenvalue weighted by Gasteiger charge is 2.14. The van der Waals surface area contributed by atoms with E-state index in [-0.39, 0.29) is 33.3 Å². The van der Waals surface area contributed by atoms with Crippen molar-refractivity contribution in [3.05, 3.63) is 64.5 Å². The molecule has 0 aliphatic carbocycles. The molecule has 1 heterocycles. The molecule has 0 spiro atoms. The third kappa shape index (κ3) is 5.63. The normalized spacial score (nSPS) is 11.2. The Morgan fingerprint density at radius 2 is 1.74 bits per heavy atom. The van der Waals surface area contributed by atoms with Crippen LogP contribution in [0, 0.1) is 0 Å². The molecule has 0 aliphatic heterocycles. The molecule has 0 radical (unpaired) electrons. The van der Waals surface area contributed by atoms with Gasteiger partial charge in [-0.05, 0) is 35.2 Å². The summed E-state index contributed by atoms with van der Waals surface area (Å²) in [6, 6.07) is 12.0. The molecule has 1 amide bonds. The van der Waals surface area contributed by atoms with E-state index < -0.39 is 25.0 Å². The lowest BCUT2D eigenvalue weighted by molar-refractivity contribution is -0.304. The standard InChI is InChI=1S/C23H23NO7/c1-23(2,3)14-4-6-15(7-5-14)31-19-12-30-18-10-16(8-9-17(18)22(19)28)29-13-20(25)24-11-21(26)27/h4-10,12H,11,13H2,1-3H3,(H,24,25)(H,26,27)/p-1. The number of carbonyl (C=O) groups excluding carboxylic acids is 2. The minimum atomic E-state index is -1.40. The van der Waals surface area contributed by atoms with Crippen LogP contribution in [0.5, 0.6) is 17.2 Å². The van der Waals surface area contributed by atoms with Gasteiger partial charge < -0.3 is 29.1 Å². The second kappa shape index (κ2) is 8.91. The lowest BCUT2D eigenvalue weighted by atomic mass is 9.87. The summed E-state index contributed by atoms with van der Waals surface area (Å²) < 4.78 is 16.5. The van der Waals surface area contributed by atoms with Crippen molar-refractivity contribution in [1.82, 2.24) is 5.32 Å². The van der Waals surface area contributed by atoms with E-state index in [0.717, 1.165) is 5.56 Å². The monoisotopic (exact) mass is 424 g/mol. The first-order chi connectivity index (χ1) is 14.6. The summed E-state index contributed by atoms with van der Waals surface area (Å²) in [7, 11) is 0. The van der Waals surface area contributed by atoms with Gasteiger partial charge in [-0.3, -0.25) is 9.59 Å². The van der Waals surface area contributed by atoms with Crippen LogP contribution in [0.3, 0.4) is 0 Å². The lowest BCUT2D eigenvalue weighted by Crippen LogP contribution is -2.39. The maximum absolute atomic E-state index is 12.7. The third-order valence-corrected chi connectivity index (χ3v) is 4.46. The zero-order chi connectivity index (χ0) is 22.6. The van der Waals surface area contributed by atoms with Crippen molar-refractivity contribution < 1.29 is 28.6 Å². The minimum absolute atomic E-state index is 0.00836. The first-order valence-electron chi connectivity index (χ1n) is 9.57. The van der Waals surface area contributed by atoms with Gasteiger partial charge in [0.25, 0.3) is 5.91 Å². The van der Waals surface area contributed by atoms with Crippen molar-refractivity contribution >= 4 is 22.8 Å². The van der Waals surface area contributed by atoms with Crippen LogP contribution in [0.15, 0.2) is 57.9 Å². The van der Waals surface area contributed by atoms with Crippen LogP contribution in [0.2, 0.25) is 0 Å². The molecule has 31 heavy (non-hydrogen) atoms. The maximum Gasteiger partial charge on any atom is 0.258 e. The zero-order valence-corrected chi connectivity index (χ0v) is 17.4. The fourth-order valence-electron chi connectivity index (χ4n) is 2.77. The van der Waals surface area contributed by atoms with Gasteiger partial charge in [0.05, 0.1) is 17.9 Å². The Hall–Kier alpha value is -3.81. The number of aliphatic carboxylic acids is 1. The Morgan fingerprint density at radius 3 is 2.39 bits per heavy atom. The van der Waals surface area contributed by atoms with Gasteiger partial charge in [0.1, 0.15) is 23.3 Å². The maximum atomic E-state index is 12.7. The fraction of sp³-hybridized carbons (Fsp3) is 0.261. The molecule has 0 saturated carbocycles. The first-order valence-corrected chi connectivity index (χ1v) is 9.57. The van der Waals surface area contributed by atoms with Crippen LogP contribution in [0.25, 0.3) is 11.0 Å². The molecule has 2 aromatic carbocycles. The summed E-state index contributed by atoms with van der Waals surface area (Å²) in [4.78, 5) is 34.6. The van der Waals surface area contributed by atoms with E-state index in [9.17, 15) is 19.5 Å². The Bertz CT molecular complexity index is 1160. The number of nitrogens with one attached hydrogen (secondary N) is 1. The highest BCUT2D eigenvalue weighted by molar-refractivity contribution is 5.82. The van der Waals surface area contributed by atoms with Crippen LogP contribution in [-0.2, 0) is 15.0 Å². The van der Waals surface area contributed by atoms with Gasteiger partial charge in [0, 0.05) is 6.07 Å². The predicted molar refractivity (Wildman–Crippen MR) is 111 cm³/mol. The molecule has 3 rings (SSSR count). The highest BCUT2D eigenvalue weighted by Crippen LogP contribution is 2.27. The third-order valence-electron chi connectivity index (χ3n) is 4.46. The molecule has 0 bridgehead atoms. The van der Waals surface area contributed by atoms with Gasteiger partial charge in [0.15, 0.2) is 6.61 Å². The summed E-state index contributed by atoms with van der Waals surface area (Å²) in [5.74, 6) is -1.17. The minimum Gasteiger partial charge on any atom is -0.548 e. The van der Waals surface area contributed by atoms with E-state index >= 15 is 0 Å². The number of hydrogen-bond acceptors (Lipinski definition) is 7. The quantitative estimate of drug-likeness (QED) is 0.617. The topological polar surface area (TPSA) is 118 Å². The van der Waals surface area contributed by atoms with Crippen LogP contribution >= 0.6 is 0 Å². The number of benzene rings is 2. The summed E-state index contributed by atoms with van der Waals surface area (Å²) >= 11 is 0. The predicted octanol–water partition coefficient (Wildman–Crippen LogP) is 2.13. The number of carboxylic acids is 1. The molecule has 162 valence electrons.